The quantitative estimate of drug-likeness (QED) is 0.514. The largest absolute Gasteiger partial charge is 0.469 e. The van der Waals surface area contributed by atoms with Gasteiger partial charge in [-0.3, -0.25) is 9.69 Å². The standard InChI is InChI=1S/C13H26N2O2/c1-5-15(11-6-7-11)9-8-14-10-13(2,3)12(16)17-4/h11,14H,5-10H2,1-4H3. The molecule has 0 aromatic rings. The summed E-state index contributed by atoms with van der Waals surface area (Å²) in [7, 11) is 1.44. The number of nitrogens with zero attached hydrogens (tertiary/aromatic N) is 1. The number of carbonyl (C=O) groups is 1. The third-order valence-corrected chi connectivity index (χ3v) is 3.35. The summed E-state index contributed by atoms with van der Waals surface area (Å²) in [5.41, 5.74) is -0.439. The molecule has 0 aromatic carbocycles. The van der Waals surface area contributed by atoms with E-state index in [2.05, 4.69) is 17.1 Å². The Labute approximate surface area is 105 Å². The summed E-state index contributed by atoms with van der Waals surface area (Å²) in [4.78, 5) is 14.0. The van der Waals surface area contributed by atoms with Crippen molar-refractivity contribution in [2.24, 2.45) is 5.41 Å². The monoisotopic (exact) mass is 242 g/mol. The fourth-order valence-electron chi connectivity index (χ4n) is 2.01. The van der Waals surface area contributed by atoms with E-state index in [1.807, 2.05) is 13.8 Å². The van der Waals surface area contributed by atoms with E-state index in [0.717, 1.165) is 25.7 Å². The van der Waals surface area contributed by atoms with Crippen molar-refractivity contribution in [3.8, 4) is 0 Å². The third kappa shape index (κ3) is 4.64. The van der Waals surface area contributed by atoms with Crippen LogP contribution in [-0.2, 0) is 9.53 Å². The second-order valence-corrected chi connectivity index (χ2v) is 5.41. The van der Waals surface area contributed by atoms with Crippen LogP contribution < -0.4 is 5.32 Å². The van der Waals surface area contributed by atoms with E-state index in [4.69, 9.17) is 4.74 Å². The molecule has 100 valence electrons. The molecule has 1 rings (SSSR count). The fourth-order valence-corrected chi connectivity index (χ4v) is 2.01. The molecule has 0 amide bonds. The molecule has 0 atom stereocenters. The Morgan fingerprint density at radius 1 is 1.47 bits per heavy atom. The zero-order valence-electron chi connectivity index (χ0n) is 11.6. The number of carbonyl (C=O) groups excluding carboxylic acids is 1. The minimum absolute atomic E-state index is 0.153. The van der Waals surface area contributed by atoms with E-state index >= 15 is 0 Å². The van der Waals surface area contributed by atoms with Crippen molar-refractivity contribution in [2.45, 2.75) is 39.7 Å². The van der Waals surface area contributed by atoms with Crippen LogP contribution in [0.25, 0.3) is 0 Å². The number of likely N-dealkylation sites (N-methyl/N-ethyl adjacent to an activating group) is 1. The first kappa shape index (κ1) is 14.5. The molecule has 1 fully saturated rings. The molecule has 17 heavy (non-hydrogen) atoms. The molecule has 1 saturated carbocycles. The molecule has 4 heteroatoms. The number of rotatable bonds is 8. The predicted octanol–water partition coefficient (Wildman–Crippen LogP) is 1.26. The van der Waals surface area contributed by atoms with Crippen LogP contribution >= 0.6 is 0 Å². The van der Waals surface area contributed by atoms with Gasteiger partial charge < -0.3 is 10.1 Å². The lowest BCUT2D eigenvalue weighted by Crippen LogP contribution is -2.40. The van der Waals surface area contributed by atoms with Crippen LogP contribution in [0.4, 0.5) is 0 Å². The Morgan fingerprint density at radius 2 is 2.12 bits per heavy atom. The first-order valence-electron chi connectivity index (χ1n) is 6.54. The molecule has 0 saturated heterocycles. The van der Waals surface area contributed by atoms with Crippen LogP contribution in [0.15, 0.2) is 0 Å². The summed E-state index contributed by atoms with van der Waals surface area (Å²) in [5, 5.41) is 3.35. The highest BCUT2D eigenvalue weighted by Gasteiger charge is 2.29. The van der Waals surface area contributed by atoms with E-state index in [0.29, 0.717) is 6.54 Å². The molecular formula is C13H26N2O2. The maximum atomic E-state index is 11.5. The van der Waals surface area contributed by atoms with Gasteiger partial charge in [-0.15, -0.1) is 0 Å². The fraction of sp³-hybridized carbons (Fsp3) is 0.923. The Kier molecular flexibility index (Phi) is 5.40. The highest BCUT2D eigenvalue weighted by Crippen LogP contribution is 2.25. The van der Waals surface area contributed by atoms with Crippen molar-refractivity contribution < 1.29 is 9.53 Å². The van der Waals surface area contributed by atoms with Crippen LogP contribution in [0.1, 0.15) is 33.6 Å². The summed E-state index contributed by atoms with van der Waals surface area (Å²) in [6.07, 6.45) is 2.70. The molecule has 0 aromatic heterocycles. The van der Waals surface area contributed by atoms with E-state index in [1.165, 1.54) is 20.0 Å². The third-order valence-electron chi connectivity index (χ3n) is 3.35. The lowest BCUT2D eigenvalue weighted by atomic mass is 9.94. The first-order valence-corrected chi connectivity index (χ1v) is 6.54. The normalized spacial score (nSPS) is 16.3. The Bertz CT molecular complexity index is 250. The number of nitrogens with one attached hydrogen (secondary N) is 1. The van der Waals surface area contributed by atoms with E-state index < -0.39 is 5.41 Å². The number of hydrogen-bond donors (Lipinski definition) is 1. The van der Waals surface area contributed by atoms with Crippen molar-refractivity contribution in [3.05, 3.63) is 0 Å². The van der Waals surface area contributed by atoms with Gasteiger partial charge in [-0.1, -0.05) is 6.92 Å². The van der Waals surface area contributed by atoms with Crippen LogP contribution in [0.3, 0.4) is 0 Å². The topological polar surface area (TPSA) is 41.6 Å². The molecule has 0 spiro atoms. The highest BCUT2D eigenvalue weighted by molar-refractivity contribution is 5.76. The zero-order chi connectivity index (χ0) is 12.9. The van der Waals surface area contributed by atoms with Crippen molar-refractivity contribution in [1.82, 2.24) is 10.2 Å². The Balaban J connectivity index is 2.16. The smallest absolute Gasteiger partial charge is 0.312 e. The van der Waals surface area contributed by atoms with E-state index in [1.54, 1.807) is 0 Å². The van der Waals surface area contributed by atoms with Crippen molar-refractivity contribution in [1.29, 1.82) is 0 Å². The highest BCUT2D eigenvalue weighted by atomic mass is 16.5. The van der Waals surface area contributed by atoms with Crippen molar-refractivity contribution in [2.75, 3.05) is 33.3 Å². The Morgan fingerprint density at radius 3 is 2.59 bits per heavy atom. The molecule has 0 aliphatic heterocycles. The van der Waals surface area contributed by atoms with Crippen LogP contribution in [-0.4, -0.2) is 50.2 Å². The van der Waals surface area contributed by atoms with Crippen molar-refractivity contribution in [3.63, 3.8) is 0 Å². The maximum Gasteiger partial charge on any atom is 0.312 e. The van der Waals surface area contributed by atoms with Gasteiger partial charge in [0, 0.05) is 25.7 Å². The summed E-state index contributed by atoms with van der Waals surface area (Å²) < 4.78 is 4.77. The Hall–Kier alpha value is -0.610. The lowest BCUT2D eigenvalue weighted by molar-refractivity contribution is -0.150. The minimum Gasteiger partial charge on any atom is -0.469 e. The van der Waals surface area contributed by atoms with Gasteiger partial charge in [-0.05, 0) is 33.2 Å². The second kappa shape index (κ2) is 6.36. The number of methoxy groups -OCH3 is 1. The molecule has 1 aliphatic carbocycles. The van der Waals surface area contributed by atoms with Gasteiger partial charge in [0.25, 0.3) is 0 Å². The van der Waals surface area contributed by atoms with Gasteiger partial charge in [-0.2, -0.15) is 0 Å². The average Bonchev–Trinajstić information content (AvgIpc) is 3.12. The molecule has 0 bridgehead atoms. The van der Waals surface area contributed by atoms with Gasteiger partial charge in [0.15, 0.2) is 0 Å². The van der Waals surface area contributed by atoms with Crippen LogP contribution in [0.5, 0.6) is 0 Å². The van der Waals surface area contributed by atoms with E-state index in [9.17, 15) is 4.79 Å². The van der Waals surface area contributed by atoms with Crippen molar-refractivity contribution >= 4 is 5.97 Å². The molecular weight excluding hydrogens is 216 g/mol. The summed E-state index contributed by atoms with van der Waals surface area (Å²) in [6.45, 7) is 9.81. The van der Waals surface area contributed by atoms with Gasteiger partial charge in [0.2, 0.25) is 0 Å². The summed E-state index contributed by atoms with van der Waals surface area (Å²) >= 11 is 0. The van der Waals surface area contributed by atoms with Gasteiger partial charge in [0.05, 0.1) is 12.5 Å². The molecule has 0 radical (unpaired) electrons. The zero-order valence-corrected chi connectivity index (χ0v) is 11.6. The average molecular weight is 242 g/mol. The number of ether oxygens (including phenoxy) is 1. The molecule has 1 aliphatic rings. The van der Waals surface area contributed by atoms with Crippen LogP contribution in [0, 0.1) is 5.41 Å². The van der Waals surface area contributed by atoms with Gasteiger partial charge >= 0.3 is 5.97 Å². The van der Waals surface area contributed by atoms with Gasteiger partial charge in [0.1, 0.15) is 0 Å². The summed E-state index contributed by atoms with van der Waals surface area (Å²) in [6, 6.07) is 0.815. The predicted molar refractivity (Wildman–Crippen MR) is 68.9 cm³/mol. The number of esters is 1. The molecule has 0 unspecified atom stereocenters. The summed E-state index contributed by atoms with van der Waals surface area (Å²) in [5.74, 6) is -0.153. The lowest BCUT2D eigenvalue weighted by Gasteiger charge is -2.24. The molecule has 4 nitrogen and oxygen atoms in total. The van der Waals surface area contributed by atoms with Crippen LogP contribution in [0.2, 0.25) is 0 Å². The maximum absolute atomic E-state index is 11.5. The SMILES string of the molecule is CCN(CCNCC(C)(C)C(=O)OC)C1CC1. The second-order valence-electron chi connectivity index (χ2n) is 5.41. The molecule has 0 heterocycles. The first-order chi connectivity index (χ1) is 8.01. The van der Waals surface area contributed by atoms with E-state index in [-0.39, 0.29) is 5.97 Å². The van der Waals surface area contributed by atoms with Gasteiger partial charge in [-0.25, -0.2) is 0 Å². The molecule has 1 N–H and O–H groups in total. The minimum atomic E-state index is -0.439. The number of hydrogen-bond acceptors (Lipinski definition) is 4.